The van der Waals surface area contributed by atoms with Gasteiger partial charge in [-0.3, -0.25) is 9.59 Å². The third-order valence-electron chi connectivity index (χ3n) is 5.80. The van der Waals surface area contributed by atoms with Gasteiger partial charge in [0.25, 0.3) is 5.91 Å². The number of fused-ring (bicyclic) bond motifs is 1. The van der Waals surface area contributed by atoms with E-state index in [0.29, 0.717) is 28.9 Å². The van der Waals surface area contributed by atoms with E-state index in [1.165, 1.54) is 11.3 Å². The van der Waals surface area contributed by atoms with Gasteiger partial charge in [-0.1, -0.05) is 50.2 Å². The van der Waals surface area contributed by atoms with E-state index < -0.39 is 17.9 Å². The highest BCUT2D eigenvalue weighted by atomic mass is 32.1. The average Bonchev–Trinajstić information content (AvgIpc) is 3.35. The lowest BCUT2D eigenvalue weighted by molar-refractivity contribution is -0.119. The molecule has 1 aromatic heterocycles. The molecule has 1 N–H and O–H groups in total. The number of rotatable bonds is 7. The monoisotopic (exact) mass is 476 g/mol. The molecule has 1 aliphatic heterocycles. The summed E-state index contributed by atoms with van der Waals surface area (Å²) in [6.45, 7) is 6.63. The van der Waals surface area contributed by atoms with Gasteiger partial charge >= 0.3 is 5.97 Å². The van der Waals surface area contributed by atoms with Crippen LogP contribution < -0.4 is 5.32 Å². The summed E-state index contributed by atoms with van der Waals surface area (Å²) in [5, 5.41) is 4.93. The van der Waals surface area contributed by atoms with Crippen LogP contribution in [0.2, 0.25) is 0 Å². The van der Waals surface area contributed by atoms with E-state index in [0.717, 1.165) is 4.88 Å². The average molecular weight is 477 g/mol. The van der Waals surface area contributed by atoms with Crippen LogP contribution in [0, 0.1) is 5.92 Å². The van der Waals surface area contributed by atoms with Crippen LogP contribution in [0.25, 0.3) is 0 Å². The van der Waals surface area contributed by atoms with Crippen LogP contribution >= 0.6 is 11.3 Å². The molecule has 4 rings (SSSR count). The second-order valence-electron chi connectivity index (χ2n) is 8.63. The van der Waals surface area contributed by atoms with Crippen molar-refractivity contribution in [3.8, 4) is 0 Å². The van der Waals surface area contributed by atoms with E-state index in [1.807, 2.05) is 40.6 Å². The van der Waals surface area contributed by atoms with Crippen LogP contribution in [0.1, 0.15) is 63.9 Å². The van der Waals surface area contributed by atoms with E-state index in [4.69, 9.17) is 4.74 Å². The molecule has 0 aliphatic carbocycles. The summed E-state index contributed by atoms with van der Waals surface area (Å²) in [4.78, 5) is 42.7. The maximum atomic E-state index is 13.9. The third-order valence-corrected chi connectivity index (χ3v) is 6.74. The Hall–Kier alpha value is -3.45. The van der Waals surface area contributed by atoms with Gasteiger partial charge < -0.3 is 15.0 Å². The molecule has 2 atom stereocenters. The summed E-state index contributed by atoms with van der Waals surface area (Å²) in [6, 6.07) is 17.6. The fraction of sp³-hybridized carbons (Fsp3) is 0.296. The molecule has 0 unspecified atom stereocenters. The molecule has 0 saturated carbocycles. The van der Waals surface area contributed by atoms with Gasteiger partial charge in [0.15, 0.2) is 0 Å². The van der Waals surface area contributed by atoms with Gasteiger partial charge in [-0.05, 0) is 48.1 Å². The normalized spacial score (nSPS) is 17.4. The summed E-state index contributed by atoms with van der Waals surface area (Å²) in [5.41, 5.74) is 1.91. The first-order chi connectivity index (χ1) is 16.4. The molecule has 2 amide bonds. The summed E-state index contributed by atoms with van der Waals surface area (Å²) in [5.74, 6) is -1.25. The second kappa shape index (κ2) is 10.2. The molecule has 6 nitrogen and oxygen atoms in total. The summed E-state index contributed by atoms with van der Waals surface area (Å²) in [7, 11) is 0. The van der Waals surface area contributed by atoms with Gasteiger partial charge in [-0.15, -0.1) is 11.3 Å². The molecule has 0 fully saturated rings. The van der Waals surface area contributed by atoms with Crippen LogP contribution in [-0.2, 0) is 9.53 Å². The van der Waals surface area contributed by atoms with Crippen LogP contribution in [0.5, 0.6) is 0 Å². The minimum atomic E-state index is -0.637. The van der Waals surface area contributed by atoms with Crippen LogP contribution in [-0.4, -0.2) is 35.8 Å². The smallest absolute Gasteiger partial charge is 0.340 e. The molecule has 0 spiro atoms. The van der Waals surface area contributed by atoms with Gasteiger partial charge in [-0.2, -0.15) is 0 Å². The van der Waals surface area contributed by atoms with Crippen molar-refractivity contribution < 1.29 is 19.1 Å². The molecule has 0 saturated heterocycles. The van der Waals surface area contributed by atoms with E-state index in [-0.39, 0.29) is 24.3 Å². The highest BCUT2D eigenvalue weighted by Crippen LogP contribution is 2.45. The van der Waals surface area contributed by atoms with Crippen molar-refractivity contribution in [2.75, 3.05) is 18.5 Å². The van der Waals surface area contributed by atoms with Crippen LogP contribution in [0.4, 0.5) is 5.69 Å². The van der Waals surface area contributed by atoms with Crippen molar-refractivity contribution >= 4 is 34.8 Å². The number of carbonyl (C=O) groups is 3. The van der Waals surface area contributed by atoms with E-state index in [1.54, 1.807) is 37.3 Å². The molecular weight excluding hydrogens is 448 g/mol. The van der Waals surface area contributed by atoms with Crippen molar-refractivity contribution in [3.05, 3.63) is 87.6 Å². The number of ether oxygens (including phenoxy) is 1. The highest BCUT2D eigenvalue weighted by molar-refractivity contribution is 7.10. The summed E-state index contributed by atoms with van der Waals surface area (Å²) >= 11 is 1.53. The Bertz CT molecular complexity index is 1190. The van der Waals surface area contributed by atoms with E-state index in [2.05, 4.69) is 19.2 Å². The number of anilines is 1. The quantitative estimate of drug-likeness (QED) is 0.457. The lowest BCUT2D eigenvalue weighted by Gasteiger charge is -2.42. The molecule has 0 bridgehead atoms. The number of carbonyl (C=O) groups excluding carboxylic acids is 3. The second-order valence-corrected chi connectivity index (χ2v) is 9.61. The zero-order chi connectivity index (χ0) is 24.2. The lowest BCUT2D eigenvalue weighted by atomic mass is 9.81. The topological polar surface area (TPSA) is 75.7 Å². The van der Waals surface area contributed by atoms with Crippen LogP contribution in [0.15, 0.2) is 66.0 Å². The Morgan fingerprint density at radius 1 is 1.06 bits per heavy atom. The number of benzene rings is 2. The molecule has 176 valence electrons. The van der Waals surface area contributed by atoms with Gasteiger partial charge in [0.2, 0.25) is 5.91 Å². The van der Waals surface area contributed by atoms with Gasteiger partial charge in [-0.25, -0.2) is 4.79 Å². The Balaban J connectivity index is 1.79. The van der Waals surface area contributed by atoms with Crippen molar-refractivity contribution in [3.63, 3.8) is 0 Å². The lowest BCUT2D eigenvalue weighted by Crippen LogP contribution is -2.47. The molecule has 2 aromatic carbocycles. The third kappa shape index (κ3) is 4.61. The van der Waals surface area contributed by atoms with Crippen molar-refractivity contribution in [2.24, 2.45) is 5.92 Å². The molecule has 7 heteroatoms. The van der Waals surface area contributed by atoms with Gasteiger partial charge in [0, 0.05) is 17.0 Å². The molecule has 2 heterocycles. The Morgan fingerprint density at radius 2 is 1.79 bits per heavy atom. The zero-order valence-electron chi connectivity index (χ0n) is 19.5. The first kappa shape index (κ1) is 23.7. The maximum absolute atomic E-state index is 13.9. The number of esters is 1. The number of hydrogen-bond acceptors (Lipinski definition) is 5. The van der Waals surface area contributed by atoms with Crippen molar-refractivity contribution in [2.45, 2.75) is 32.7 Å². The minimum Gasteiger partial charge on any atom is -0.462 e. The number of hydrogen-bond donors (Lipinski definition) is 1. The van der Waals surface area contributed by atoms with E-state index >= 15 is 0 Å². The number of amides is 2. The molecular formula is C27H28N2O4S. The fourth-order valence-corrected chi connectivity index (χ4v) is 5.31. The van der Waals surface area contributed by atoms with Gasteiger partial charge in [0.05, 0.1) is 29.8 Å². The van der Waals surface area contributed by atoms with E-state index in [9.17, 15) is 14.4 Å². The predicted octanol–water partition coefficient (Wildman–Crippen LogP) is 5.50. The molecule has 34 heavy (non-hydrogen) atoms. The predicted molar refractivity (Wildman–Crippen MR) is 133 cm³/mol. The first-order valence-corrected chi connectivity index (χ1v) is 12.3. The fourth-order valence-electron chi connectivity index (χ4n) is 4.44. The number of para-hydroxylation sites is 1. The molecule has 1 aliphatic rings. The minimum absolute atomic E-state index is 0.0707. The standard InChI is InChI=1S/C27H28N2O4S/c1-4-33-27(32)20-12-7-8-13-21(20)28-25(30)23-18-10-5-6-11-19(18)26(31)29(16-17(2)3)24(23)22-14-9-15-34-22/h5-15,17,23-24H,4,16H2,1-3H3,(H,28,30)/t23-,24-/m0/s1. The molecule has 3 aromatic rings. The van der Waals surface area contributed by atoms with Crippen molar-refractivity contribution in [1.82, 2.24) is 4.90 Å². The number of thiophene rings is 1. The van der Waals surface area contributed by atoms with Crippen molar-refractivity contribution in [1.29, 1.82) is 0 Å². The summed E-state index contributed by atoms with van der Waals surface area (Å²) < 4.78 is 5.17. The Morgan fingerprint density at radius 3 is 2.50 bits per heavy atom. The first-order valence-electron chi connectivity index (χ1n) is 11.4. The Kier molecular flexibility index (Phi) is 7.12. The maximum Gasteiger partial charge on any atom is 0.340 e. The SMILES string of the molecule is CCOC(=O)c1ccccc1NC(=O)[C@H]1c2ccccc2C(=O)N(CC(C)C)[C@H]1c1cccs1. The number of nitrogens with one attached hydrogen (secondary N) is 1. The summed E-state index contributed by atoms with van der Waals surface area (Å²) in [6.07, 6.45) is 0. The van der Waals surface area contributed by atoms with Gasteiger partial charge in [0.1, 0.15) is 0 Å². The largest absolute Gasteiger partial charge is 0.462 e. The number of nitrogens with zero attached hydrogens (tertiary/aromatic N) is 1. The Labute approximate surface area is 203 Å². The van der Waals surface area contributed by atoms with Crippen LogP contribution in [0.3, 0.4) is 0 Å². The highest BCUT2D eigenvalue weighted by Gasteiger charge is 2.44. The zero-order valence-corrected chi connectivity index (χ0v) is 20.3. The molecule has 0 radical (unpaired) electrons.